The SMILES string of the molecule is C1CSCC2COCC2O1. The van der Waals surface area contributed by atoms with Gasteiger partial charge in [0.2, 0.25) is 0 Å². The molecule has 0 radical (unpaired) electrons. The lowest BCUT2D eigenvalue weighted by atomic mass is 10.1. The summed E-state index contributed by atoms with van der Waals surface area (Å²) in [5.41, 5.74) is 0. The normalized spacial score (nSPS) is 40.8. The number of ether oxygens (including phenoxy) is 2. The van der Waals surface area contributed by atoms with Gasteiger partial charge in [-0.1, -0.05) is 0 Å². The first kappa shape index (κ1) is 6.95. The molecule has 2 aliphatic heterocycles. The lowest BCUT2D eigenvalue weighted by Gasteiger charge is -2.11. The van der Waals surface area contributed by atoms with Gasteiger partial charge in [0, 0.05) is 17.4 Å². The highest BCUT2D eigenvalue weighted by atomic mass is 32.2. The molecule has 0 bridgehead atoms. The Labute approximate surface area is 65.3 Å². The highest BCUT2D eigenvalue weighted by Crippen LogP contribution is 2.24. The second-order valence-electron chi connectivity index (χ2n) is 2.78. The van der Waals surface area contributed by atoms with Crippen molar-refractivity contribution in [2.45, 2.75) is 6.10 Å². The zero-order valence-electron chi connectivity index (χ0n) is 5.91. The summed E-state index contributed by atoms with van der Waals surface area (Å²) in [4.78, 5) is 0. The summed E-state index contributed by atoms with van der Waals surface area (Å²) < 4.78 is 10.9. The molecule has 2 heterocycles. The fourth-order valence-corrected chi connectivity index (χ4v) is 2.41. The van der Waals surface area contributed by atoms with Crippen LogP contribution in [-0.2, 0) is 9.47 Å². The minimum atomic E-state index is 0.412. The topological polar surface area (TPSA) is 18.5 Å². The molecule has 58 valence electrons. The molecule has 0 saturated carbocycles. The molecule has 0 aromatic heterocycles. The summed E-state index contributed by atoms with van der Waals surface area (Å²) in [5, 5.41) is 0. The Kier molecular flexibility index (Phi) is 2.16. The van der Waals surface area contributed by atoms with E-state index in [9.17, 15) is 0 Å². The van der Waals surface area contributed by atoms with E-state index in [0.717, 1.165) is 25.6 Å². The van der Waals surface area contributed by atoms with Crippen LogP contribution in [0.25, 0.3) is 0 Å². The van der Waals surface area contributed by atoms with Crippen LogP contribution in [0.2, 0.25) is 0 Å². The third-order valence-electron chi connectivity index (χ3n) is 2.03. The summed E-state index contributed by atoms with van der Waals surface area (Å²) in [6.07, 6.45) is 0.412. The van der Waals surface area contributed by atoms with Gasteiger partial charge in [0.1, 0.15) is 0 Å². The predicted molar refractivity (Wildman–Crippen MR) is 41.4 cm³/mol. The van der Waals surface area contributed by atoms with Crippen molar-refractivity contribution in [2.75, 3.05) is 31.3 Å². The van der Waals surface area contributed by atoms with Crippen molar-refractivity contribution >= 4 is 11.8 Å². The number of hydrogen-bond donors (Lipinski definition) is 0. The maximum atomic E-state index is 5.58. The van der Waals surface area contributed by atoms with E-state index in [1.54, 1.807) is 0 Å². The smallest absolute Gasteiger partial charge is 0.0866 e. The van der Waals surface area contributed by atoms with E-state index in [0.29, 0.717) is 12.0 Å². The summed E-state index contributed by atoms with van der Waals surface area (Å²) in [5.74, 6) is 3.06. The first-order chi connectivity index (χ1) is 4.97. The molecule has 0 aliphatic carbocycles. The first-order valence-electron chi connectivity index (χ1n) is 3.74. The molecule has 0 aromatic rings. The van der Waals surface area contributed by atoms with Crippen LogP contribution in [0, 0.1) is 5.92 Å². The molecule has 3 heteroatoms. The highest BCUT2D eigenvalue weighted by molar-refractivity contribution is 7.99. The number of fused-ring (bicyclic) bond motifs is 1. The van der Waals surface area contributed by atoms with E-state index in [1.165, 1.54) is 5.75 Å². The number of thioether (sulfide) groups is 1. The van der Waals surface area contributed by atoms with E-state index >= 15 is 0 Å². The Bertz CT molecular complexity index is 106. The van der Waals surface area contributed by atoms with Gasteiger partial charge in [-0.3, -0.25) is 0 Å². The fraction of sp³-hybridized carbons (Fsp3) is 1.00. The highest BCUT2D eigenvalue weighted by Gasteiger charge is 2.30. The second kappa shape index (κ2) is 3.11. The molecule has 2 nitrogen and oxygen atoms in total. The van der Waals surface area contributed by atoms with E-state index in [2.05, 4.69) is 0 Å². The van der Waals surface area contributed by atoms with Gasteiger partial charge in [-0.05, 0) is 0 Å². The van der Waals surface area contributed by atoms with Gasteiger partial charge in [-0.25, -0.2) is 0 Å². The van der Waals surface area contributed by atoms with Crippen LogP contribution >= 0.6 is 11.8 Å². The average Bonchev–Trinajstić information content (AvgIpc) is 2.28. The quantitative estimate of drug-likeness (QED) is 0.521. The lowest BCUT2D eigenvalue weighted by Crippen LogP contribution is -2.22. The van der Waals surface area contributed by atoms with Crippen LogP contribution in [-0.4, -0.2) is 37.4 Å². The molecule has 2 atom stereocenters. The molecule has 2 aliphatic rings. The third-order valence-corrected chi connectivity index (χ3v) is 3.15. The van der Waals surface area contributed by atoms with Crippen LogP contribution in [0.5, 0.6) is 0 Å². The van der Waals surface area contributed by atoms with Gasteiger partial charge in [-0.15, -0.1) is 0 Å². The molecular weight excluding hydrogens is 148 g/mol. The molecule has 2 unspecified atom stereocenters. The van der Waals surface area contributed by atoms with Crippen molar-refractivity contribution in [1.29, 1.82) is 0 Å². The molecule has 2 rings (SSSR count). The van der Waals surface area contributed by atoms with Gasteiger partial charge in [-0.2, -0.15) is 11.8 Å². The third kappa shape index (κ3) is 1.31. The summed E-state index contributed by atoms with van der Waals surface area (Å²) in [6, 6.07) is 0. The Morgan fingerprint density at radius 2 is 2.30 bits per heavy atom. The predicted octanol–water partition coefficient (Wildman–Crippen LogP) is 0.765. The monoisotopic (exact) mass is 160 g/mol. The van der Waals surface area contributed by atoms with Gasteiger partial charge < -0.3 is 9.47 Å². The first-order valence-corrected chi connectivity index (χ1v) is 4.89. The molecule has 0 spiro atoms. The van der Waals surface area contributed by atoms with Crippen molar-refractivity contribution in [1.82, 2.24) is 0 Å². The van der Waals surface area contributed by atoms with Crippen molar-refractivity contribution in [3.63, 3.8) is 0 Å². The van der Waals surface area contributed by atoms with Gasteiger partial charge in [0.25, 0.3) is 0 Å². The van der Waals surface area contributed by atoms with Gasteiger partial charge in [0.05, 0.1) is 25.9 Å². The van der Waals surface area contributed by atoms with Crippen molar-refractivity contribution < 1.29 is 9.47 Å². The van der Waals surface area contributed by atoms with Crippen LogP contribution in [0.3, 0.4) is 0 Å². The van der Waals surface area contributed by atoms with Crippen molar-refractivity contribution in [3.8, 4) is 0 Å². The number of hydrogen-bond acceptors (Lipinski definition) is 3. The zero-order chi connectivity index (χ0) is 6.81. The Hall–Kier alpha value is 0.270. The van der Waals surface area contributed by atoms with E-state index in [1.807, 2.05) is 11.8 Å². The minimum Gasteiger partial charge on any atom is -0.378 e. The van der Waals surface area contributed by atoms with E-state index in [-0.39, 0.29) is 0 Å². The van der Waals surface area contributed by atoms with Crippen LogP contribution in [0.15, 0.2) is 0 Å². The molecule has 10 heavy (non-hydrogen) atoms. The average molecular weight is 160 g/mol. The Morgan fingerprint density at radius 3 is 3.30 bits per heavy atom. The minimum absolute atomic E-state index is 0.412. The Balaban J connectivity index is 1.95. The molecule has 2 saturated heterocycles. The molecular formula is C7H12O2S. The summed E-state index contributed by atoms with van der Waals surface area (Å²) in [7, 11) is 0. The Morgan fingerprint density at radius 1 is 1.30 bits per heavy atom. The summed E-state index contributed by atoms with van der Waals surface area (Å²) in [6.45, 7) is 2.65. The molecule has 0 N–H and O–H groups in total. The van der Waals surface area contributed by atoms with Gasteiger partial charge in [0.15, 0.2) is 0 Å². The van der Waals surface area contributed by atoms with E-state index in [4.69, 9.17) is 9.47 Å². The standard InChI is InChI=1S/C7H12O2S/c1-2-10-5-6-3-8-4-7(6)9-1/h6-7H,1-5H2. The van der Waals surface area contributed by atoms with Crippen LogP contribution < -0.4 is 0 Å². The van der Waals surface area contributed by atoms with Crippen LogP contribution in [0.1, 0.15) is 0 Å². The molecule has 0 aromatic carbocycles. The van der Waals surface area contributed by atoms with Crippen LogP contribution in [0.4, 0.5) is 0 Å². The van der Waals surface area contributed by atoms with E-state index < -0.39 is 0 Å². The maximum Gasteiger partial charge on any atom is 0.0866 e. The maximum absolute atomic E-state index is 5.58. The zero-order valence-corrected chi connectivity index (χ0v) is 6.73. The van der Waals surface area contributed by atoms with Crippen molar-refractivity contribution in [3.05, 3.63) is 0 Å². The van der Waals surface area contributed by atoms with Gasteiger partial charge >= 0.3 is 0 Å². The lowest BCUT2D eigenvalue weighted by molar-refractivity contribution is 0.0419. The summed E-state index contributed by atoms with van der Waals surface area (Å²) >= 11 is 1.99. The number of rotatable bonds is 0. The molecule has 2 fully saturated rings. The largest absolute Gasteiger partial charge is 0.378 e. The van der Waals surface area contributed by atoms with Crippen molar-refractivity contribution in [2.24, 2.45) is 5.92 Å². The fourth-order valence-electron chi connectivity index (χ4n) is 1.41. The second-order valence-corrected chi connectivity index (χ2v) is 3.93. The molecule has 0 amide bonds.